The summed E-state index contributed by atoms with van der Waals surface area (Å²) in [5.41, 5.74) is 10.4. The van der Waals surface area contributed by atoms with Crippen LogP contribution in [0.2, 0.25) is 0 Å². The molecule has 3 aromatic carbocycles. The van der Waals surface area contributed by atoms with Crippen molar-refractivity contribution in [2.24, 2.45) is 0 Å². The van der Waals surface area contributed by atoms with Crippen LogP contribution < -0.4 is 14.5 Å². The summed E-state index contributed by atoms with van der Waals surface area (Å²) in [4.78, 5) is 16.6. The van der Waals surface area contributed by atoms with Crippen molar-refractivity contribution >= 4 is 45.5 Å². The van der Waals surface area contributed by atoms with Crippen LogP contribution >= 0.6 is 19.4 Å². The first kappa shape index (κ1) is 29.7. The van der Waals surface area contributed by atoms with Gasteiger partial charge in [-0.2, -0.15) is 0 Å². The topological polar surface area (TPSA) is 32.8 Å². The van der Waals surface area contributed by atoms with E-state index in [0.717, 1.165) is 34.4 Å². The number of benzene rings is 3. The van der Waals surface area contributed by atoms with Gasteiger partial charge in [-0.1, -0.05) is 0 Å². The number of rotatable bonds is 6. The number of aryl methyl sites for hydroxylation is 6. The number of Topliss-reactive ketones (excluding diaryl/α,β-unsaturated/α-hetero) is 1. The van der Waals surface area contributed by atoms with E-state index in [0.29, 0.717) is 5.75 Å². The number of ether oxygens (including phenoxy) is 1. The zero-order valence-corrected chi connectivity index (χ0v) is 27.3. The van der Waals surface area contributed by atoms with E-state index in [9.17, 15) is 4.79 Å². The Morgan fingerprint density at radius 2 is 1.28 bits per heavy atom. The Morgan fingerprint density at radius 3 is 1.72 bits per heavy atom. The van der Waals surface area contributed by atoms with Crippen molar-refractivity contribution in [2.75, 3.05) is 22.9 Å². The van der Waals surface area contributed by atoms with E-state index >= 15 is 0 Å². The molecule has 0 bridgehead atoms. The number of halogens is 2. The molecule has 4 rings (SSSR count). The Labute approximate surface area is 243 Å². The minimum atomic E-state index is -3.73. The summed E-state index contributed by atoms with van der Waals surface area (Å²) in [6.45, 7) is 17.7. The van der Waals surface area contributed by atoms with Crippen LogP contribution in [0.3, 0.4) is 0 Å². The monoisotopic (exact) mass is 654 g/mol. The van der Waals surface area contributed by atoms with Crippen LogP contribution in [-0.2, 0) is 16.7 Å². The summed E-state index contributed by atoms with van der Waals surface area (Å²) >= 11 is -3.73. The number of carbonyl (C=O) groups excluding carboxylic acids is 1. The van der Waals surface area contributed by atoms with Crippen molar-refractivity contribution in [3.63, 3.8) is 0 Å². The summed E-state index contributed by atoms with van der Waals surface area (Å²) in [7, 11) is 15.1. The Hall–Kier alpha value is -2.33. The van der Waals surface area contributed by atoms with Gasteiger partial charge >= 0.3 is 245 Å². The molecule has 1 fully saturated rings. The second-order valence-electron chi connectivity index (χ2n) is 10.5. The molecule has 1 saturated heterocycles. The van der Waals surface area contributed by atoms with E-state index in [1.165, 1.54) is 40.3 Å². The van der Waals surface area contributed by atoms with Crippen LogP contribution in [0, 0.1) is 41.5 Å². The van der Waals surface area contributed by atoms with Gasteiger partial charge in [0.05, 0.1) is 0 Å². The number of ketones is 1. The fourth-order valence-corrected chi connectivity index (χ4v) is 11.5. The molecule has 0 N–H and O–H groups in total. The van der Waals surface area contributed by atoms with Crippen molar-refractivity contribution in [1.29, 1.82) is 0 Å². The average Bonchev–Trinajstić information content (AvgIpc) is 3.23. The Morgan fingerprint density at radius 1 is 0.846 bits per heavy atom. The van der Waals surface area contributed by atoms with E-state index in [2.05, 4.69) is 75.6 Å². The molecule has 1 unspecified atom stereocenters. The fraction of sp³-hybridized carbons (Fsp3) is 0.344. The molecule has 0 spiro atoms. The zero-order chi connectivity index (χ0) is 28.6. The Kier molecular flexibility index (Phi) is 8.86. The van der Waals surface area contributed by atoms with Gasteiger partial charge in [-0.25, -0.2) is 0 Å². The van der Waals surface area contributed by atoms with Crippen molar-refractivity contribution in [1.82, 2.24) is 0 Å². The number of hydrogen-bond acceptors (Lipinski definition) is 4. The van der Waals surface area contributed by atoms with Gasteiger partial charge in [0.1, 0.15) is 0 Å². The molecule has 210 valence electrons. The van der Waals surface area contributed by atoms with Gasteiger partial charge in [0, 0.05) is 0 Å². The van der Waals surface area contributed by atoms with Crippen LogP contribution in [0.25, 0.3) is 0 Å². The molecule has 0 saturated carbocycles. The van der Waals surface area contributed by atoms with E-state index < -0.39 is 18.0 Å². The van der Waals surface area contributed by atoms with Gasteiger partial charge in [0.2, 0.25) is 0 Å². The molecule has 39 heavy (non-hydrogen) atoms. The normalized spacial score (nSPS) is 15.0. The van der Waals surface area contributed by atoms with Gasteiger partial charge in [-0.15, -0.1) is 0 Å². The molecule has 4 nitrogen and oxygen atoms in total. The van der Waals surface area contributed by atoms with Crippen molar-refractivity contribution < 1.29 is 21.4 Å². The third-order valence-corrected chi connectivity index (χ3v) is 12.5. The maximum absolute atomic E-state index is 11.9. The number of para-hydroxylation sites is 1. The molecule has 1 aliphatic rings. The summed E-state index contributed by atoms with van der Waals surface area (Å²) in [6, 6.07) is 16.5. The number of carbonyl (C=O) groups is 1. The van der Waals surface area contributed by atoms with E-state index in [1.807, 2.05) is 28.9 Å². The molecule has 0 amide bonds. The summed E-state index contributed by atoms with van der Waals surface area (Å²) in [5.74, 6) is 0.569. The van der Waals surface area contributed by atoms with Crippen molar-refractivity contribution in [2.45, 2.75) is 61.5 Å². The molecule has 0 radical (unpaired) electrons. The second kappa shape index (κ2) is 11.7. The number of nitrogens with zero attached hydrogens (tertiary/aromatic N) is 2. The molecular weight excluding hydrogens is 616 g/mol. The van der Waals surface area contributed by atoms with E-state index in [4.69, 9.17) is 24.1 Å². The first-order valence-electron chi connectivity index (χ1n) is 13.1. The Balaban J connectivity index is 2.02. The molecular formula is C32H38Cl2N2O2Ru. The second-order valence-corrected chi connectivity index (χ2v) is 19.7. The summed E-state index contributed by atoms with van der Waals surface area (Å²) in [6.07, 6.45) is -0.562. The third-order valence-electron chi connectivity index (χ3n) is 7.03. The predicted molar refractivity (Wildman–Crippen MR) is 165 cm³/mol. The third kappa shape index (κ3) is 6.22. The summed E-state index contributed by atoms with van der Waals surface area (Å²) < 4.78 is 8.99. The van der Waals surface area contributed by atoms with Crippen LogP contribution in [-0.4, -0.2) is 33.9 Å². The SMILES string of the molecule is CC(=O)C(C)Oc1ccccc1[CH]=[Ru]([Cl])([Cl])=[C]1N(c2c(C)cc(C)cc2C)CCN1c1c(C)cc(C)cc1C. The molecule has 1 heterocycles. The van der Waals surface area contributed by atoms with Gasteiger partial charge in [-0.3, -0.25) is 0 Å². The zero-order valence-electron chi connectivity index (χ0n) is 24.0. The van der Waals surface area contributed by atoms with Gasteiger partial charge in [0.25, 0.3) is 0 Å². The summed E-state index contributed by atoms with van der Waals surface area (Å²) in [5, 5.41) is 0. The van der Waals surface area contributed by atoms with Crippen LogP contribution in [0.4, 0.5) is 11.4 Å². The molecule has 0 aromatic heterocycles. The van der Waals surface area contributed by atoms with Gasteiger partial charge < -0.3 is 0 Å². The van der Waals surface area contributed by atoms with E-state index in [1.54, 1.807) is 6.92 Å². The van der Waals surface area contributed by atoms with E-state index in [-0.39, 0.29) is 5.78 Å². The van der Waals surface area contributed by atoms with Crippen molar-refractivity contribution in [3.05, 3.63) is 87.5 Å². The molecule has 7 heteroatoms. The maximum atomic E-state index is 11.9. The first-order chi connectivity index (χ1) is 18.3. The molecule has 0 aliphatic carbocycles. The van der Waals surface area contributed by atoms with Crippen LogP contribution in [0.15, 0.2) is 48.5 Å². The quantitative estimate of drug-likeness (QED) is 0.256. The molecule has 1 atom stereocenters. The van der Waals surface area contributed by atoms with Crippen LogP contribution in [0.1, 0.15) is 52.8 Å². The van der Waals surface area contributed by atoms with Crippen molar-refractivity contribution in [3.8, 4) is 5.75 Å². The Bertz CT molecular complexity index is 1450. The number of anilines is 2. The average molecular weight is 655 g/mol. The fourth-order valence-electron chi connectivity index (χ4n) is 5.51. The minimum absolute atomic E-state index is 0.0361. The number of hydrogen-bond donors (Lipinski definition) is 0. The standard InChI is InChI=1S/C21H26N2.C11H12O2.2ClH.Ru/c1-14-9-16(3)20(17(4)10-14)22-7-8-23(13-22)21-18(5)11-15(2)12-19(21)6;1-8-6-4-5-7-11(8)13-10(3)9(2)12;;;/h9-12H,7-8H2,1-6H3;1,4-7,10H,2-3H3;2*1H;/q;;;;+2/p-2. The molecule has 3 aromatic rings. The van der Waals surface area contributed by atoms with Gasteiger partial charge in [0.15, 0.2) is 0 Å². The first-order valence-corrected chi connectivity index (χ1v) is 19.5. The molecule has 1 aliphatic heterocycles. The van der Waals surface area contributed by atoms with Crippen LogP contribution in [0.5, 0.6) is 5.75 Å². The predicted octanol–water partition coefficient (Wildman–Crippen LogP) is 7.62. The van der Waals surface area contributed by atoms with Gasteiger partial charge in [-0.05, 0) is 0 Å².